The van der Waals surface area contributed by atoms with Crippen LogP contribution in [0.15, 0.2) is 48.5 Å². The summed E-state index contributed by atoms with van der Waals surface area (Å²) >= 11 is 0. The predicted molar refractivity (Wildman–Crippen MR) is 93.6 cm³/mol. The van der Waals surface area contributed by atoms with Crippen molar-refractivity contribution in [2.75, 3.05) is 25.0 Å². The van der Waals surface area contributed by atoms with E-state index >= 15 is 0 Å². The number of benzene rings is 2. The molecule has 0 bridgehead atoms. The van der Waals surface area contributed by atoms with Gasteiger partial charge in [-0.1, -0.05) is 24.3 Å². The number of para-hydroxylation sites is 1. The Hall–Kier alpha value is -2.69. The third-order valence-electron chi connectivity index (χ3n) is 4.65. The predicted octanol–water partition coefficient (Wildman–Crippen LogP) is 3.53. The molecule has 2 amide bonds. The van der Waals surface area contributed by atoms with Crippen molar-refractivity contribution in [2.45, 2.75) is 18.8 Å². The number of carbonyl (C=O) groups is 1. The Labute approximate surface area is 141 Å². The highest BCUT2D eigenvalue weighted by Crippen LogP contribution is 2.35. The average molecular weight is 326 g/mol. The molecule has 0 radical (unpaired) electrons. The molecule has 0 aliphatic carbocycles. The fourth-order valence-corrected chi connectivity index (χ4v) is 3.23. The van der Waals surface area contributed by atoms with Crippen molar-refractivity contribution in [3.05, 3.63) is 54.1 Å². The number of anilines is 1. The summed E-state index contributed by atoms with van der Waals surface area (Å²) in [6.07, 6.45) is 1.60. The van der Waals surface area contributed by atoms with Gasteiger partial charge in [0.2, 0.25) is 0 Å². The lowest BCUT2D eigenvalue weighted by Crippen LogP contribution is -2.45. The number of likely N-dealkylation sites (tertiary alicyclic amines) is 1. The first-order valence-electron chi connectivity index (χ1n) is 8.16. The Bertz CT molecular complexity index is 710. The Morgan fingerprint density at radius 2 is 1.75 bits per heavy atom. The number of hydrogen-bond donors (Lipinski definition) is 2. The molecule has 1 saturated heterocycles. The van der Waals surface area contributed by atoms with Gasteiger partial charge in [-0.2, -0.15) is 0 Å². The fourth-order valence-electron chi connectivity index (χ4n) is 3.23. The van der Waals surface area contributed by atoms with Crippen molar-refractivity contribution in [1.29, 1.82) is 0 Å². The largest absolute Gasteiger partial charge is 0.508 e. The first-order chi connectivity index (χ1) is 11.6. The third kappa shape index (κ3) is 3.30. The zero-order chi connectivity index (χ0) is 17.1. The van der Waals surface area contributed by atoms with Gasteiger partial charge in [-0.05, 0) is 42.5 Å². The van der Waals surface area contributed by atoms with Gasteiger partial charge in [-0.3, -0.25) is 4.90 Å². The van der Waals surface area contributed by atoms with E-state index in [1.807, 2.05) is 35.2 Å². The minimum absolute atomic E-state index is 0.00502. The highest BCUT2D eigenvalue weighted by Gasteiger charge is 2.27. The zero-order valence-electron chi connectivity index (χ0n) is 13.7. The molecular weight excluding hydrogens is 304 g/mol. The average Bonchev–Trinajstić information content (AvgIpc) is 2.61. The van der Waals surface area contributed by atoms with E-state index in [4.69, 9.17) is 0 Å². The summed E-state index contributed by atoms with van der Waals surface area (Å²) in [5.74, 6) is 0.395. The van der Waals surface area contributed by atoms with Crippen LogP contribution in [0.25, 0.3) is 0 Å². The SMILES string of the molecule is CN(C(=O)N1CCC(c2ccc(O)cc2O)CC1)c1ccccc1. The van der Waals surface area contributed by atoms with Crippen LogP contribution in [0.4, 0.5) is 10.5 Å². The number of urea groups is 1. The number of nitrogens with zero attached hydrogens (tertiary/aromatic N) is 2. The fraction of sp³-hybridized carbons (Fsp3) is 0.316. The van der Waals surface area contributed by atoms with Crippen LogP contribution in [0.3, 0.4) is 0 Å². The highest BCUT2D eigenvalue weighted by atomic mass is 16.3. The molecule has 2 N–H and O–H groups in total. The van der Waals surface area contributed by atoms with Gasteiger partial charge in [-0.15, -0.1) is 0 Å². The smallest absolute Gasteiger partial charge is 0.324 e. The Morgan fingerprint density at radius 1 is 1.08 bits per heavy atom. The molecule has 1 fully saturated rings. The molecule has 126 valence electrons. The van der Waals surface area contributed by atoms with Gasteiger partial charge in [0.1, 0.15) is 11.5 Å². The van der Waals surface area contributed by atoms with Gasteiger partial charge in [0.05, 0.1) is 0 Å². The second-order valence-corrected chi connectivity index (χ2v) is 6.18. The van der Waals surface area contributed by atoms with E-state index in [1.54, 1.807) is 24.1 Å². The van der Waals surface area contributed by atoms with Gasteiger partial charge >= 0.3 is 6.03 Å². The monoisotopic (exact) mass is 326 g/mol. The molecule has 3 rings (SSSR count). The molecule has 1 aliphatic rings. The van der Waals surface area contributed by atoms with Crippen LogP contribution in [0, 0.1) is 0 Å². The molecule has 24 heavy (non-hydrogen) atoms. The van der Waals surface area contributed by atoms with Crippen molar-refractivity contribution in [3.63, 3.8) is 0 Å². The lowest BCUT2D eigenvalue weighted by atomic mass is 9.89. The van der Waals surface area contributed by atoms with Crippen LogP contribution >= 0.6 is 0 Å². The van der Waals surface area contributed by atoms with E-state index in [1.165, 1.54) is 6.07 Å². The van der Waals surface area contributed by atoms with Gasteiger partial charge < -0.3 is 15.1 Å². The number of amides is 2. The maximum absolute atomic E-state index is 12.6. The number of hydrogen-bond acceptors (Lipinski definition) is 3. The third-order valence-corrected chi connectivity index (χ3v) is 4.65. The normalized spacial score (nSPS) is 15.3. The standard InChI is InChI=1S/C19H22N2O3/c1-20(15-5-3-2-4-6-15)19(24)21-11-9-14(10-12-21)17-8-7-16(22)13-18(17)23/h2-8,13-14,22-23H,9-12H2,1H3. The number of carbonyl (C=O) groups excluding carboxylic acids is 1. The lowest BCUT2D eigenvalue weighted by molar-refractivity contribution is 0.188. The first-order valence-corrected chi connectivity index (χ1v) is 8.16. The zero-order valence-corrected chi connectivity index (χ0v) is 13.7. The summed E-state index contributed by atoms with van der Waals surface area (Å²) < 4.78 is 0. The van der Waals surface area contributed by atoms with Crippen LogP contribution in [-0.4, -0.2) is 41.3 Å². The molecule has 0 atom stereocenters. The summed E-state index contributed by atoms with van der Waals surface area (Å²) in [5.41, 5.74) is 1.72. The summed E-state index contributed by atoms with van der Waals surface area (Å²) in [4.78, 5) is 16.1. The van der Waals surface area contributed by atoms with Crippen LogP contribution in [-0.2, 0) is 0 Å². The second-order valence-electron chi connectivity index (χ2n) is 6.18. The number of rotatable bonds is 2. The number of phenols is 2. The molecule has 0 unspecified atom stereocenters. The van der Waals surface area contributed by atoms with Crippen LogP contribution in [0.2, 0.25) is 0 Å². The summed E-state index contributed by atoms with van der Waals surface area (Å²) in [6, 6.07) is 14.3. The molecule has 0 saturated carbocycles. The van der Waals surface area contributed by atoms with Gasteiger partial charge in [0.25, 0.3) is 0 Å². The van der Waals surface area contributed by atoms with Crippen LogP contribution in [0.1, 0.15) is 24.3 Å². The second kappa shape index (κ2) is 6.83. The summed E-state index contributed by atoms with van der Waals surface area (Å²) in [6.45, 7) is 1.31. The van der Waals surface area contributed by atoms with E-state index in [9.17, 15) is 15.0 Å². The molecule has 5 heteroatoms. The van der Waals surface area contributed by atoms with Crippen molar-refractivity contribution in [1.82, 2.24) is 4.90 Å². The quantitative estimate of drug-likeness (QED) is 0.887. The molecular formula is C19H22N2O3. The molecule has 2 aromatic rings. The molecule has 2 aromatic carbocycles. The number of aromatic hydroxyl groups is 2. The summed E-state index contributed by atoms with van der Waals surface area (Å²) in [5, 5.41) is 19.4. The molecule has 0 aromatic heterocycles. The maximum Gasteiger partial charge on any atom is 0.324 e. The van der Waals surface area contributed by atoms with Gasteiger partial charge in [0.15, 0.2) is 0 Å². The van der Waals surface area contributed by atoms with E-state index in [2.05, 4.69) is 0 Å². The minimum Gasteiger partial charge on any atom is -0.508 e. The number of phenolic OH excluding ortho intramolecular Hbond substituents is 2. The molecule has 1 heterocycles. The van der Waals surface area contributed by atoms with Crippen molar-refractivity contribution in [2.24, 2.45) is 0 Å². The van der Waals surface area contributed by atoms with E-state index in [0.717, 1.165) is 24.1 Å². The Morgan fingerprint density at radius 3 is 2.38 bits per heavy atom. The minimum atomic E-state index is -0.00502. The van der Waals surface area contributed by atoms with Crippen LogP contribution < -0.4 is 4.90 Å². The van der Waals surface area contributed by atoms with Gasteiger partial charge in [0, 0.05) is 31.9 Å². The lowest BCUT2D eigenvalue weighted by Gasteiger charge is -2.35. The molecule has 5 nitrogen and oxygen atoms in total. The van der Waals surface area contributed by atoms with Crippen molar-refractivity contribution < 1.29 is 15.0 Å². The van der Waals surface area contributed by atoms with E-state index < -0.39 is 0 Å². The van der Waals surface area contributed by atoms with E-state index in [0.29, 0.717) is 13.1 Å². The topological polar surface area (TPSA) is 64.0 Å². The molecule has 1 aliphatic heterocycles. The van der Waals surface area contributed by atoms with E-state index in [-0.39, 0.29) is 23.4 Å². The Balaban J connectivity index is 1.63. The molecule has 0 spiro atoms. The summed E-state index contributed by atoms with van der Waals surface area (Å²) in [7, 11) is 1.79. The number of piperidine rings is 1. The van der Waals surface area contributed by atoms with Crippen molar-refractivity contribution in [3.8, 4) is 11.5 Å². The van der Waals surface area contributed by atoms with Gasteiger partial charge in [-0.25, -0.2) is 4.79 Å². The van der Waals surface area contributed by atoms with Crippen LogP contribution in [0.5, 0.6) is 11.5 Å². The highest BCUT2D eigenvalue weighted by molar-refractivity contribution is 5.91. The maximum atomic E-state index is 12.6. The first kappa shape index (κ1) is 16.2. The Kier molecular flexibility index (Phi) is 4.60. The van der Waals surface area contributed by atoms with Crippen molar-refractivity contribution >= 4 is 11.7 Å².